The Morgan fingerprint density at radius 1 is 1.24 bits per heavy atom. The molecule has 0 atom stereocenters. The molecule has 0 bridgehead atoms. The van der Waals surface area contributed by atoms with Gasteiger partial charge >= 0.3 is 0 Å². The van der Waals surface area contributed by atoms with Crippen LogP contribution in [0.2, 0.25) is 0 Å². The van der Waals surface area contributed by atoms with Crippen LogP contribution in [0.25, 0.3) is 0 Å². The molecule has 1 fully saturated rings. The lowest BCUT2D eigenvalue weighted by molar-refractivity contribution is 0.685. The van der Waals surface area contributed by atoms with Gasteiger partial charge in [-0.15, -0.1) is 0 Å². The number of benzene rings is 1. The van der Waals surface area contributed by atoms with E-state index in [2.05, 4.69) is 68.5 Å². The van der Waals surface area contributed by atoms with Crippen LogP contribution in [0.3, 0.4) is 0 Å². The zero-order valence-corrected chi connectivity index (χ0v) is 13.8. The van der Waals surface area contributed by atoms with Crippen LogP contribution < -0.4 is 10.2 Å². The first-order chi connectivity index (χ1) is 10.2. The Morgan fingerprint density at radius 2 is 2.00 bits per heavy atom. The Bertz CT molecular complexity index is 596. The van der Waals surface area contributed by atoms with E-state index in [-0.39, 0.29) is 0 Å². The van der Waals surface area contributed by atoms with E-state index in [1.165, 1.54) is 29.7 Å². The highest BCUT2D eigenvalue weighted by molar-refractivity contribution is 9.10. The second-order valence-corrected chi connectivity index (χ2v) is 6.56. The minimum absolute atomic E-state index is 0.724. The molecule has 0 amide bonds. The summed E-state index contributed by atoms with van der Waals surface area (Å²) in [5.74, 6) is 0. The van der Waals surface area contributed by atoms with Gasteiger partial charge in [-0.3, -0.25) is 4.98 Å². The predicted molar refractivity (Wildman–Crippen MR) is 90.3 cm³/mol. The molecule has 3 rings (SSSR count). The third-order valence-electron chi connectivity index (χ3n) is 3.78. The third kappa shape index (κ3) is 4.05. The molecule has 2 aromatic rings. The number of pyridine rings is 1. The summed E-state index contributed by atoms with van der Waals surface area (Å²) in [7, 11) is 2.14. The van der Waals surface area contributed by atoms with Crippen LogP contribution in [0, 0.1) is 0 Å². The van der Waals surface area contributed by atoms with Crippen molar-refractivity contribution in [2.45, 2.75) is 32.0 Å². The van der Waals surface area contributed by atoms with E-state index >= 15 is 0 Å². The molecule has 0 saturated heterocycles. The van der Waals surface area contributed by atoms with Crippen molar-refractivity contribution >= 4 is 21.6 Å². The average molecular weight is 346 g/mol. The van der Waals surface area contributed by atoms with Gasteiger partial charge in [0.05, 0.1) is 0 Å². The second kappa shape index (κ2) is 6.58. The minimum atomic E-state index is 0.724. The quantitative estimate of drug-likeness (QED) is 0.864. The normalized spacial score (nSPS) is 14.2. The highest BCUT2D eigenvalue weighted by Crippen LogP contribution is 2.27. The molecule has 21 heavy (non-hydrogen) atoms. The van der Waals surface area contributed by atoms with Crippen molar-refractivity contribution in [3.8, 4) is 0 Å². The Balaban J connectivity index is 1.75. The molecular formula is C17H20BrN3. The van der Waals surface area contributed by atoms with Gasteiger partial charge in [-0.1, -0.05) is 15.9 Å². The van der Waals surface area contributed by atoms with Crippen LogP contribution >= 0.6 is 15.9 Å². The molecule has 1 aromatic carbocycles. The largest absolute Gasteiger partial charge is 0.370 e. The molecule has 1 aliphatic rings. The van der Waals surface area contributed by atoms with Gasteiger partial charge in [0.1, 0.15) is 0 Å². The van der Waals surface area contributed by atoms with Gasteiger partial charge in [0.2, 0.25) is 0 Å². The van der Waals surface area contributed by atoms with E-state index in [0.717, 1.165) is 23.6 Å². The van der Waals surface area contributed by atoms with Crippen molar-refractivity contribution < 1.29 is 0 Å². The summed E-state index contributed by atoms with van der Waals surface area (Å²) in [5, 5.41) is 3.60. The number of nitrogens with zero attached hydrogens (tertiary/aromatic N) is 2. The summed E-state index contributed by atoms with van der Waals surface area (Å²) in [6.45, 7) is 1.82. The first-order valence-electron chi connectivity index (χ1n) is 7.34. The molecule has 110 valence electrons. The van der Waals surface area contributed by atoms with Crippen molar-refractivity contribution in [1.82, 2.24) is 10.3 Å². The number of halogens is 1. The molecule has 1 N–H and O–H groups in total. The third-order valence-corrected chi connectivity index (χ3v) is 4.27. The molecular weight excluding hydrogens is 326 g/mol. The Labute approximate surface area is 134 Å². The smallest absolute Gasteiger partial charge is 0.0427 e. The Kier molecular flexibility index (Phi) is 4.56. The zero-order valence-electron chi connectivity index (χ0n) is 12.2. The van der Waals surface area contributed by atoms with E-state index in [1.54, 1.807) is 0 Å². The lowest BCUT2D eigenvalue weighted by atomic mass is 10.1. The van der Waals surface area contributed by atoms with Gasteiger partial charge in [0.25, 0.3) is 0 Å². The molecule has 3 nitrogen and oxygen atoms in total. The molecule has 0 radical (unpaired) electrons. The fourth-order valence-electron chi connectivity index (χ4n) is 2.46. The highest BCUT2D eigenvalue weighted by atomic mass is 79.9. The van der Waals surface area contributed by atoms with Crippen molar-refractivity contribution in [3.05, 3.63) is 58.3 Å². The maximum atomic E-state index is 4.08. The lowest BCUT2D eigenvalue weighted by Gasteiger charge is -2.23. The lowest BCUT2D eigenvalue weighted by Crippen LogP contribution is -2.21. The molecule has 0 spiro atoms. The van der Waals surface area contributed by atoms with Crippen LogP contribution in [0.15, 0.2) is 47.2 Å². The maximum absolute atomic E-state index is 4.08. The number of hydrogen-bond donors (Lipinski definition) is 1. The second-order valence-electron chi connectivity index (χ2n) is 5.64. The first kappa shape index (κ1) is 14.5. The molecule has 4 heteroatoms. The molecule has 0 aliphatic heterocycles. The maximum Gasteiger partial charge on any atom is 0.0427 e. The van der Waals surface area contributed by atoms with Crippen molar-refractivity contribution in [2.24, 2.45) is 0 Å². The molecule has 1 aliphatic carbocycles. The minimum Gasteiger partial charge on any atom is -0.370 e. The monoisotopic (exact) mass is 345 g/mol. The number of aromatic nitrogens is 1. The van der Waals surface area contributed by atoms with Crippen LogP contribution in [0.4, 0.5) is 5.69 Å². The van der Waals surface area contributed by atoms with Crippen molar-refractivity contribution in [1.29, 1.82) is 0 Å². The van der Waals surface area contributed by atoms with Crippen LogP contribution in [-0.2, 0) is 13.1 Å². The van der Waals surface area contributed by atoms with E-state index < -0.39 is 0 Å². The number of hydrogen-bond acceptors (Lipinski definition) is 3. The molecule has 1 heterocycles. The van der Waals surface area contributed by atoms with Gasteiger partial charge < -0.3 is 10.2 Å². The summed E-state index contributed by atoms with van der Waals surface area (Å²) in [4.78, 5) is 6.37. The van der Waals surface area contributed by atoms with Gasteiger partial charge in [-0.2, -0.15) is 0 Å². The van der Waals surface area contributed by atoms with Gasteiger partial charge in [0.15, 0.2) is 0 Å². The number of anilines is 1. The summed E-state index contributed by atoms with van der Waals surface area (Å²) >= 11 is 3.58. The Morgan fingerprint density at radius 3 is 2.71 bits per heavy atom. The fourth-order valence-corrected chi connectivity index (χ4v) is 2.87. The van der Waals surface area contributed by atoms with Crippen LogP contribution in [-0.4, -0.2) is 18.1 Å². The Hall–Kier alpha value is -1.39. The van der Waals surface area contributed by atoms with Crippen molar-refractivity contribution in [3.63, 3.8) is 0 Å². The average Bonchev–Trinajstić information content (AvgIpc) is 3.30. The SMILES string of the molecule is CN(Cc1ccncc1)c1ccc(Br)cc1CNC1CC1. The first-order valence-corrected chi connectivity index (χ1v) is 8.13. The van der Waals surface area contributed by atoms with E-state index in [4.69, 9.17) is 0 Å². The zero-order chi connectivity index (χ0) is 14.7. The van der Waals surface area contributed by atoms with Gasteiger partial charge in [0, 0.05) is 48.7 Å². The van der Waals surface area contributed by atoms with E-state index in [9.17, 15) is 0 Å². The summed E-state index contributed by atoms with van der Waals surface area (Å²) in [5.41, 5.74) is 3.90. The predicted octanol–water partition coefficient (Wildman–Crippen LogP) is 3.73. The standard InChI is InChI=1S/C17H20BrN3/c1-21(12-13-6-8-19-9-7-13)17-5-2-15(18)10-14(17)11-20-16-3-4-16/h2,5-10,16,20H,3-4,11-12H2,1H3. The van der Waals surface area contributed by atoms with Gasteiger partial charge in [-0.25, -0.2) is 0 Å². The number of nitrogens with one attached hydrogen (secondary N) is 1. The van der Waals surface area contributed by atoms with Crippen LogP contribution in [0.5, 0.6) is 0 Å². The van der Waals surface area contributed by atoms with E-state index in [1.807, 2.05) is 12.4 Å². The topological polar surface area (TPSA) is 28.2 Å². The van der Waals surface area contributed by atoms with E-state index in [0.29, 0.717) is 0 Å². The summed E-state index contributed by atoms with van der Waals surface area (Å²) in [6.07, 6.45) is 6.33. The molecule has 1 aromatic heterocycles. The molecule has 1 saturated carbocycles. The van der Waals surface area contributed by atoms with Crippen molar-refractivity contribution in [2.75, 3.05) is 11.9 Å². The molecule has 0 unspecified atom stereocenters. The summed E-state index contributed by atoms with van der Waals surface area (Å²) in [6, 6.07) is 11.4. The highest BCUT2D eigenvalue weighted by Gasteiger charge is 2.20. The number of rotatable bonds is 6. The van der Waals surface area contributed by atoms with Gasteiger partial charge in [-0.05, 0) is 54.3 Å². The fraction of sp³-hybridized carbons (Fsp3) is 0.353. The van der Waals surface area contributed by atoms with Crippen LogP contribution in [0.1, 0.15) is 24.0 Å². The summed E-state index contributed by atoms with van der Waals surface area (Å²) < 4.78 is 1.14.